The average molecular weight is 453 g/mol. The molecule has 33 heavy (non-hydrogen) atoms. The molecule has 0 spiro atoms. The molecule has 0 bridgehead atoms. The van der Waals surface area contributed by atoms with Gasteiger partial charge in [0.15, 0.2) is 5.82 Å². The molecular formula is C30H48N2O. The molecule has 0 saturated heterocycles. The number of benzene rings is 1. The van der Waals surface area contributed by atoms with Gasteiger partial charge >= 0.3 is 0 Å². The molecule has 1 unspecified atom stereocenters. The zero-order chi connectivity index (χ0) is 23.6. The van der Waals surface area contributed by atoms with E-state index in [0.29, 0.717) is 0 Å². The van der Waals surface area contributed by atoms with Gasteiger partial charge in [-0.1, -0.05) is 97.8 Å². The van der Waals surface area contributed by atoms with Crippen molar-refractivity contribution in [3.8, 4) is 17.1 Å². The number of unbranched alkanes of at least 4 members (excludes halogenated alkanes) is 10. The zero-order valence-electron chi connectivity index (χ0n) is 21.7. The molecule has 0 amide bonds. The fourth-order valence-electron chi connectivity index (χ4n) is 4.14. The highest BCUT2D eigenvalue weighted by Gasteiger charge is 2.04. The van der Waals surface area contributed by atoms with Crippen LogP contribution in [0, 0.1) is 5.92 Å². The summed E-state index contributed by atoms with van der Waals surface area (Å²) in [5.41, 5.74) is 2.29. The lowest BCUT2D eigenvalue weighted by atomic mass is 10.0. The van der Waals surface area contributed by atoms with Crippen LogP contribution in [0.3, 0.4) is 0 Å². The largest absolute Gasteiger partial charge is 0.494 e. The van der Waals surface area contributed by atoms with Gasteiger partial charge in [-0.05, 0) is 55.0 Å². The molecule has 0 N–H and O–H groups in total. The smallest absolute Gasteiger partial charge is 0.159 e. The minimum absolute atomic E-state index is 0.794. The Morgan fingerprint density at radius 2 is 1.33 bits per heavy atom. The summed E-state index contributed by atoms with van der Waals surface area (Å²) in [5.74, 6) is 2.58. The highest BCUT2D eigenvalue weighted by Crippen LogP contribution is 2.20. The number of hydrogen-bond acceptors (Lipinski definition) is 3. The molecule has 0 aliphatic carbocycles. The summed E-state index contributed by atoms with van der Waals surface area (Å²) < 4.78 is 5.91. The van der Waals surface area contributed by atoms with Crippen LogP contribution in [0.1, 0.15) is 116 Å². The Labute approximate surface area is 203 Å². The molecule has 0 aliphatic rings. The summed E-state index contributed by atoms with van der Waals surface area (Å²) >= 11 is 0. The van der Waals surface area contributed by atoms with Crippen LogP contribution < -0.4 is 4.74 Å². The molecule has 3 heteroatoms. The van der Waals surface area contributed by atoms with E-state index in [4.69, 9.17) is 4.74 Å². The third-order valence-electron chi connectivity index (χ3n) is 6.69. The van der Waals surface area contributed by atoms with Crippen molar-refractivity contribution in [3.05, 3.63) is 42.2 Å². The minimum atomic E-state index is 0.794. The lowest BCUT2D eigenvalue weighted by Crippen LogP contribution is -1.98. The number of rotatable bonds is 19. The van der Waals surface area contributed by atoms with Crippen LogP contribution in [0.25, 0.3) is 11.4 Å². The van der Waals surface area contributed by atoms with E-state index in [9.17, 15) is 0 Å². The van der Waals surface area contributed by atoms with Crippen molar-refractivity contribution in [2.45, 2.75) is 117 Å². The summed E-state index contributed by atoms with van der Waals surface area (Å²) in [7, 11) is 0. The van der Waals surface area contributed by atoms with Gasteiger partial charge in [-0.2, -0.15) is 0 Å². The number of ether oxygens (including phenoxy) is 1. The van der Waals surface area contributed by atoms with Crippen molar-refractivity contribution < 1.29 is 4.74 Å². The van der Waals surface area contributed by atoms with Gasteiger partial charge in [-0.15, -0.1) is 0 Å². The Bertz CT molecular complexity index is 711. The van der Waals surface area contributed by atoms with Crippen LogP contribution in [-0.4, -0.2) is 16.6 Å². The van der Waals surface area contributed by atoms with Gasteiger partial charge < -0.3 is 4.74 Å². The van der Waals surface area contributed by atoms with E-state index in [0.717, 1.165) is 42.5 Å². The molecule has 184 valence electrons. The lowest BCUT2D eigenvalue weighted by molar-refractivity contribution is 0.302. The van der Waals surface area contributed by atoms with Crippen molar-refractivity contribution in [1.29, 1.82) is 0 Å². The monoisotopic (exact) mass is 452 g/mol. The standard InChI is InChI=1S/C30H48N2O/c1-4-6-7-8-9-10-11-12-15-18-27-24-31-30(32-25-27)28-19-21-29(22-20-28)33-23-16-13-14-17-26(3)5-2/h19-22,24-26H,4-18,23H2,1-3H3. The Kier molecular flexibility index (Phi) is 14.6. The molecule has 2 aromatic rings. The molecule has 1 atom stereocenters. The molecule has 1 aromatic carbocycles. The van der Waals surface area contributed by atoms with Crippen molar-refractivity contribution >= 4 is 0 Å². The normalized spacial score (nSPS) is 12.1. The van der Waals surface area contributed by atoms with Crippen LogP contribution in [0.2, 0.25) is 0 Å². The van der Waals surface area contributed by atoms with Gasteiger partial charge in [0.25, 0.3) is 0 Å². The summed E-state index contributed by atoms with van der Waals surface area (Å²) in [6, 6.07) is 8.20. The molecule has 0 radical (unpaired) electrons. The zero-order valence-corrected chi connectivity index (χ0v) is 21.7. The number of hydrogen-bond donors (Lipinski definition) is 0. The predicted molar refractivity (Wildman–Crippen MR) is 142 cm³/mol. The van der Waals surface area contributed by atoms with Gasteiger partial charge in [0.2, 0.25) is 0 Å². The summed E-state index contributed by atoms with van der Waals surface area (Å²) in [6.07, 6.45) is 23.6. The maximum Gasteiger partial charge on any atom is 0.159 e. The second-order valence-corrected chi connectivity index (χ2v) is 9.73. The van der Waals surface area contributed by atoms with Gasteiger partial charge in [-0.3, -0.25) is 0 Å². The maximum atomic E-state index is 5.91. The number of aromatic nitrogens is 2. The van der Waals surface area contributed by atoms with Crippen molar-refractivity contribution in [3.63, 3.8) is 0 Å². The second kappa shape index (κ2) is 17.6. The first kappa shape index (κ1) is 27.3. The fourth-order valence-corrected chi connectivity index (χ4v) is 4.14. The highest BCUT2D eigenvalue weighted by molar-refractivity contribution is 5.55. The van der Waals surface area contributed by atoms with Crippen LogP contribution in [0.4, 0.5) is 0 Å². The topological polar surface area (TPSA) is 35.0 Å². The van der Waals surface area contributed by atoms with Gasteiger partial charge in [0.1, 0.15) is 5.75 Å². The first-order valence-corrected chi connectivity index (χ1v) is 13.8. The Hall–Kier alpha value is -1.90. The number of nitrogens with zero attached hydrogens (tertiary/aromatic N) is 2. The molecule has 0 aliphatic heterocycles. The van der Waals surface area contributed by atoms with Crippen molar-refractivity contribution in [2.75, 3.05) is 6.61 Å². The highest BCUT2D eigenvalue weighted by atomic mass is 16.5. The SMILES string of the molecule is CCCCCCCCCCCc1cnc(-c2ccc(OCCCCCC(C)CC)cc2)nc1. The molecule has 0 fully saturated rings. The van der Waals surface area contributed by atoms with Crippen molar-refractivity contribution in [2.24, 2.45) is 5.92 Å². The van der Waals surface area contributed by atoms with Gasteiger partial charge in [-0.25, -0.2) is 9.97 Å². The molecule has 1 heterocycles. The van der Waals surface area contributed by atoms with E-state index in [1.807, 2.05) is 24.5 Å². The lowest BCUT2D eigenvalue weighted by Gasteiger charge is -2.09. The summed E-state index contributed by atoms with van der Waals surface area (Å²) in [6.45, 7) is 7.69. The minimum Gasteiger partial charge on any atom is -0.494 e. The summed E-state index contributed by atoms with van der Waals surface area (Å²) in [5, 5.41) is 0. The van der Waals surface area contributed by atoms with E-state index >= 15 is 0 Å². The van der Waals surface area contributed by atoms with E-state index < -0.39 is 0 Å². The quantitative estimate of drug-likeness (QED) is 0.199. The molecule has 3 nitrogen and oxygen atoms in total. The molecular weight excluding hydrogens is 404 g/mol. The van der Waals surface area contributed by atoms with E-state index in [1.165, 1.54) is 89.0 Å². The van der Waals surface area contributed by atoms with E-state index in [1.54, 1.807) is 0 Å². The van der Waals surface area contributed by atoms with Gasteiger partial charge in [0.05, 0.1) is 6.61 Å². The third kappa shape index (κ3) is 12.2. The Balaban J connectivity index is 1.60. The van der Waals surface area contributed by atoms with Gasteiger partial charge in [0, 0.05) is 18.0 Å². The molecule has 0 saturated carbocycles. The number of aryl methyl sites for hydroxylation is 1. The first-order valence-electron chi connectivity index (χ1n) is 13.8. The van der Waals surface area contributed by atoms with Crippen LogP contribution >= 0.6 is 0 Å². The summed E-state index contributed by atoms with van der Waals surface area (Å²) in [4.78, 5) is 9.20. The van der Waals surface area contributed by atoms with Crippen LogP contribution in [-0.2, 0) is 6.42 Å². The van der Waals surface area contributed by atoms with Crippen LogP contribution in [0.15, 0.2) is 36.7 Å². The predicted octanol–water partition coefficient (Wildman–Crippen LogP) is 9.20. The van der Waals surface area contributed by atoms with Crippen LogP contribution in [0.5, 0.6) is 5.75 Å². The molecule has 2 rings (SSSR count). The first-order chi connectivity index (χ1) is 16.2. The third-order valence-corrected chi connectivity index (χ3v) is 6.69. The Morgan fingerprint density at radius 1 is 0.727 bits per heavy atom. The van der Waals surface area contributed by atoms with E-state index in [-0.39, 0.29) is 0 Å². The maximum absolute atomic E-state index is 5.91. The average Bonchev–Trinajstić information content (AvgIpc) is 2.85. The molecule has 1 aromatic heterocycles. The van der Waals surface area contributed by atoms with E-state index in [2.05, 4.69) is 42.9 Å². The Morgan fingerprint density at radius 3 is 1.97 bits per heavy atom. The van der Waals surface area contributed by atoms with Crippen molar-refractivity contribution in [1.82, 2.24) is 9.97 Å². The fraction of sp³-hybridized carbons (Fsp3) is 0.667. The second-order valence-electron chi connectivity index (χ2n) is 9.73.